The van der Waals surface area contributed by atoms with Crippen LogP contribution in [0.1, 0.15) is 25.0 Å². The van der Waals surface area contributed by atoms with E-state index in [4.69, 9.17) is 0 Å². The maximum Gasteiger partial charge on any atom is 0.421 e. The average Bonchev–Trinajstić information content (AvgIpc) is 3.37. The molecular weight excluding hydrogens is 469 g/mol. The number of alkyl halides is 3. The summed E-state index contributed by atoms with van der Waals surface area (Å²) >= 11 is 0. The van der Waals surface area contributed by atoms with E-state index in [0.717, 1.165) is 17.3 Å². The summed E-state index contributed by atoms with van der Waals surface area (Å²) < 4.78 is 41.1. The Kier molecular flexibility index (Phi) is 7.14. The standard InChI is InChI=1S/C26H23F3N6O/c1-16(2)33-23(36)11-6-17-4-3-5-19(12-17)24-30-15-22(26(27,28)29)25(35-24)34-21-9-7-18(8-10-21)20-13-31-32-14-20/h3-16H,1-2H3,(H,31,32)(H,33,36)(H,30,34,35)/b11-6+. The number of halogens is 3. The highest BCUT2D eigenvalue weighted by Gasteiger charge is 2.35. The molecule has 1 amide bonds. The van der Waals surface area contributed by atoms with Gasteiger partial charge in [0.1, 0.15) is 11.4 Å². The van der Waals surface area contributed by atoms with Gasteiger partial charge in [-0.05, 0) is 49.2 Å². The number of carbonyl (C=O) groups excluding carboxylic acids is 1. The average molecular weight is 493 g/mol. The normalized spacial score (nSPS) is 11.7. The molecule has 2 heterocycles. The summed E-state index contributed by atoms with van der Waals surface area (Å²) in [5.74, 6) is -0.491. The van der Waals surface area contributed by atoms with Crippen molar-refractivity contribution < 1.29 is 18.0 Å². The van der Waals surface area contributed by atoms with Crippen LogP contribution in [0.5, 0.6) is 0 Å². The molecule has 0 fully saturated rings. The van der Waals surface area contributed by atoms with Gasteiger partial charge in [-0.3, -0.25) is 9.89 Å². The van der Waals surface area contributed by atoms with Crippen LogP contribution in [0.25, 0.3) is 28.6 Å². The summed E-state index contributed by atoms with van der Waals surface area (Å²) in [5.41, 5.74) is 2.36. The summed E-state index contributed by atoms with van der Waals surface area (Å²) in [6, 6.07) is 13.8. The Morgan fingerprint density at radius 3 is 2.47 bits per heavy atom. The first-order valence-corrected chi connectivity index (χ1v) is 11.1. The minimum atomic E-state index is -4.65. The lowest BCUT2D eigenvalue weighted by Gasteiger charge is -2.15. The molecule has 0 bridgehead atoms. The number of carbonyl (C=O) groups is 1. The molecule has 0 aliphatic heterocycles. The lowest BCUT2D eigenvalue weighted by molar-refractivity contribution is -0.137. The molecule has 0 aliphatic carbocycles. The molecule has 184 valence electrons. The van der Waals surface area contributed by atoms with Gasteiger partial charge >= 0.3 is 6.18 Å². The number of anilines is 2. The second-order valence-electron chi connectivity index (χ2n) is 8.27. The minimum Gasteiger partial charge on any atom is -0.350 e. The Bertz CT molecular complexity index is 1360. The third-order valence-electron chi connectivity index (χ3n) is 5.08. The van der Waals surface area contributed by atoms with Crippen LogP contribution in [0, 0.1) is 0 Å². The van der Waals surface area contributed by atoms with Crippen molar-refractivity contribution in [2.24, 2.45) is 0 Å². The fourth-order valence-corrected chi connectivity index (χ4v) is 3.40. The molecule has 4 aromatic rings. The molecular formula is C26H23F3N6O. The van der Waals surface area contributed by atoms with Gasteiger partial charge in [0.25, 0.3) is 0 Å². The van der Waals surface area contributed by atoms with Crippen molar-refractivity contribution in [3.05, 3.63) is 84.3 Å². The Balaban J connectivity index is 1.62. The molecule has 3 N–H and O–H groups in total. The number of nitrogens with zero attached hydrogens (tertiary/aromatic N) is 3. The summed E-state index contributed by atoms with van der Waals surface area (Å²) in [6.45, 7) is 3.71. The molecule has 7 nitrogen and oxygen atoms in total. The van der Waals surface area contributed by atoms with E-state index < -0.39 is 11.7 Å². The van der Waals surface area contributed by atoms with E-state index >= 15 is 0 Å². The largest absolute Gasteiger partial charge is 0.421 e. The van der Waals surface area contributed by atoms with Crippen LogP contribution in [-0.4, -0.2) is 32.1 Å². The zero-order valence-corrected chi connectivity index (χ0v) is 19.5. The van der Waals surface area contributed by atoms with Gasteiger partial charge in [0.15, 0.2) is 5.82 Å². The van der Waals surface area contributed by atoms with E-state index in [-0.39, 0.29) is 23.6 Å². The summed E-state index contributed by atoms with van der Waals surface area (Å²) in [7, 11) is 0. The van der Waals surface area contributed by atoms with Crippen LogP contribution in [0.15, 0.2) is 73.2 Å². The SMILES string of the molecule is CC(C)NC(=O)/C=C/c1cccc(-c2ncc(C(F)(F)F)c(Nc3ccc(-c4cn[nH]c4)cc3)n2)c1. The third-order valence-corrected chi connectivity index (χ3v) is 5.08. The molecule has 36 heavy (non-hydrogen) atoms. The molecule has 0 aliphatic rings. The van der Waals surface area contributed by atoms with Crippen LogP contribution >= 0.6 is 0 Å². The van der Waals surface area contributed by atoms with Crippen molar-refractivity contribution in [3.63, 3.8) is 0 Å². The molecule has 0 radical (unpaired) electrons. The number of aromatic amines is 1. The number of hydrogen-bond donors (Lipinski definition) is 3. The van der Waals surface area contributed by atoms with E-state index in [0.29, 0.717) is 16.8 Å². The molecule has 0 atom stereocenters. The number of hydrogen-bond acceptors (Lipinski definition) is 5. The first-order valence-electron chi connectivity index (χ1n) is 11.1. The van der Waals surface area contributed by atoms with E-state index in [9.17, 15) is 18.0 Å². The first-order chi connectivity index (χ1) is 17.2. The molecule has 0 spiro atoms. The number of H-pyrrole nitrogens is 1. The van der Waals surface area contributed by atoms with Crippen molar-refractivity contribution in [2.75, 3.05) is 5.32 Å². The zero-order valence-electron chi connectivity index (χ0n) is 19.5. The van der Waals surface area contributed by atoms with Gasteiger partial charge in [0, 0.05) is 41.3 Å². The molecule has 2 aromatic heterocycles. The molecule has 4 rings (SSSR count). The predicted octanol–water partition coefficient (Wildman–Crippen LogP) is 5.83. The Hall–Kier alpha value is -4.47. The smallest absolute Gasteiger partial charge is 0.350 e. The minimum absolute atomic E-state index is 0.00167. The van der Waals surface area contributed by atoms with Crippen LogP contribution in [0.4, 0.5) is 24.7 Å². The van der Waals surface area contributed by atoms with Crippen molar-refractivity contribution in [1.29, 1.82) is 0 Å². The fourth-order valence-electron chi connectivity index (χ4n) is 3.40. The number of nitrogens with one attached hydrogen (secondary N) is 3. The van der Waals surface area contributed by atoms with Gasteiger partial charge in [-0.15, -0.1) is 0 Å². The topological polar surface area (TPSA) is 95.6 Å². The van der Waals surface area contributed by atoms with Gasteiger partial charge in [0.05, 0.1) is 6.20 Å². The molecule has 10 heteroatoms. The zero-order chi connectivity index (χ0) is 25.7. The van der Waals surface area contributed by atoms with E-state index in [1.165, 1.54) is 6.08 Å². The highest BCUT2D eigenvalue weighted by Crippen LogP contribution is 2.36. The maximum absolute atomic E-state index is 13.7. The maximum atomic E-state index is 13.7. The fraction of sp³-hybridized carbons (Fsp3) is 0.154. The lowest BCUT2D eigenvalue weighted by Crippen LogP contribution is -2.28. The number of benzene rings is 2. The first kappa shape index (κ1) is 24.6. The second-order valence-corrected chi connectivity index (χ2v) is 8.27. The lowest BCUT2D eigenvalue weighted by atomic mass is 10.1. The van der Waals surface area contributed by atoms with Crippen LogP contribution in [-0.2, 0) is 11.0 Å². The van der Waals surface area contributed by atoms with E-state index in [1.807, 2.05) is 13.8 Å². The number of aromatic nitrogens is 4. The van der Waals surface area contributed by atoms with Crippen molar-refractivity contribution in [3.8, 4) is 22.5 Å². The number of amides is 1. The third kappa shape index (κ3) is 6.15. The quantitative estimate of drug-likeness (QED) is 0.282. The second kappa shape index (κ2) is 10.4. The van der Waals surface area contributed by atoms with Crippen molar-refractivity contribution in [1.82, 2.24) is 25.5 Å². The van der Waals surface area contributed by atoms with Crippen LogP contribution in [0.3, 0.4) is 0 Å². The Morgan fingerprint density at radius 1 is 1.03 bits per heavy atom. The Labute approximate surface area is 205 Å². The van der Waals surface area contributed by atoms with E-state index in [1.54, 1.807) is 67.0 Å². The molecule has 0 saturated heterocycles. The Morgan fingerprint density at radius 2 is 1.81 bits per heavy atom. The van der Waals surface area contributed by atoms with Gasteiger partial charge in [0.2, 0.25) is 5.91 Å². The highest BCUT2D eigenvalue weighted by atomic mass is 19.4. The van der Waals surface area contributed by atoms with Crippen molar-refractivity contribution >= 4 is 23.5 Å². The predicted molar refractivity (Wildman–Crippen MR) is 132 cm³/mol. The van der Waals surface area contributed by atoms with Crippen LogP contribution < -0.4 is 10.6 Å². The summed E-state index contributed by atoms with van der Waals surface area (Å²) in [4.78, 5) is 20.0. The van der Waals surface area contributed by atoms with Crippen LogP contribution in [0.2, 0.25) is 0 Å². The monoisotopic (exact) mass is 492 g/mol. The molecule has 0 unspecified atom stereocenters. The van der Waals surface area contributed by atoms with Gasteiger partial charge in [-0.25, -0.2) is 9.97 Å². The summed E-state index contributed by atoms with van der Waals surface area (Å²) in [6.07, 6.45) is 2.51. The highest BCUT2D eigenvalue weighted by molar-refractivity contribution is 5.92. The van der Waals surface area contributed by atoms with Gasteiger partial charge in [-0.2, -0.15) is 18.3 Å². The number of rotatable bonds is 7. The van der Waals surface area contributed by atoms with Gasteiger partial charge < -0.3 is 10.6 Å². The summed E-state index contributed by atoms with van der Waals surface area (Å²) in [5, 5.41) is 12.1. The van der Waals surface area contributed by atoms with E-state index in [2.05, 4.69) is 30.8 Å². The van der Waals surface area contributed by atoms with Gasteiger partial charge in [-0.1, -0.05) is 30.3 Å². The van der Waals surface area contributed by atoms with Crippen molar-refractivity contribution in [2.45, 2.75) is 26.1 Å². The molecule has 2 aromatic carbocycles. The molecule has 0 saturated carbocycles.